The minimum absolute atomic E-state index is 0.326. The van der Waals surface area contributed by atoms with Crippen molar-refractivity contribution in [1.29, 1.82) is 0 Å². The van der Waals surface area contributed by atoms with Crippen LogP contribution in [-0.2, 0) is 0 Å². The fourth-order valence-electron chi connectivity index (χ4n) is 0.924. The third-order valence-corrected chi connectivity index (χ3v) is 1.76. The van der Waals surface area contributed by atoms with Gasteiger partial charge in [-0.05, 0) is 19.8 Å². The third-order valence-electron chi connectivity index (χ3n) is 1.76. The van der Waals surface area contributed by atoms with E-state index in [9.17, 15) is 0 Å². The van der Waals surface area contributed by atoms with Gasteiger partial charge in [-0.3, -0.25) is 0 Å². The molecule has 2 rings (SSSR count). The smallest absolute Gasteiger partial charge is 0.255 e. The molecule has 1 aromatic rings. The van der Waals surface area contributed by atoms with Crippen LogP contribution in [-0.4, -0.2) is 15.2 Å². The molecule has 4 nitrogen and oxygen atoms in total. The summed E-state index contributed by atoms with van der Waals surface area (Å²) in [6.07, 6.45) is 1.66. The largest absolute Gasteiger partial charge is 0.384 e. The summed E-state index contributed by atoms with van der Waals surface area (Å²) < 4.78 is 4.82. The van der Waals surface area contributed by atoms with Crippen molar-refractivity contribution in [2.24, 2.45) is 0 Å². The Bertz CT molecular complexity index is 236. The van der Waals surface area contributed by atoms with E-state index in [1.165, 1.54) is 0 Å². The van der Waals surface area contributed by atoms with E-state index in [-0.39, 0.29) is 0 Å². The van der Waals surface area contributed by atoms with E-state index in [1.54, 1.807) is 6.92 Å². The Morgan fingerprint density at radius 1 is 1.64 bits per heavy atom. The average Bonchev–Trinajstić information content (AvgIpc) is 2.68. The fourth-order valence-corrected chi connectivity index (χ4v) is 0.924. The molecule has 1 N–H and O–H groups in total. The highest BCUT2D eigenvalue weighted by Crippen LogP contribution is 2.38. The number of aromatic nitrogens is 2. The zero-order valence-corrected chi connectivity index (χ0v) is 6.32. The maximum absolute atomic E-state index is 9.04. The Labute approximate surface area is 64.2 Å². The summed E-state index contributed by atoms with van der Waals surface area (Å²) >= 11 is 0. The molecule has 0 amide bonds. The SMILES string of the molecule is C[C@@H](O)c1nc(C2CC2)no1. The standard InChI is InChI=1S/C7H10N2O2/c1-4(10)7-8-6(9-11-7)5-2-3-5/h4-5,10H,2-3H2,1H3/t4-/m1/s1. The lowest BCUT2D eigenvalue weighted by atomic mass is 10.4. The quantitative estimate of drug-likeness (QED) is 0.690. The number of hydrogen-bond donors (Lipinski definition) is 1. The number of nitrogens with zero attached hydrogens (tertiary/aromatic N) is 2. The molecule has 0 spiro atoms. The number of aliphatic hydroxyl groups excluding tert-OH is 1. The van der Waals surface area contributed by atoms with Crippen LogP contribution >= 0.6 is 0 Å². The van der Waals surface area contributed by atoms with Gasteiger partial charge in [-0.15, -0.1) is 0 Å². The van der Waals surface area contributed by atoms with Crippen LogP contribution in [0, 0.1) is 0 Å². The van der Waals surface area contributed by atoms with Gasteiger partial charge in [0.15, 0.2) is 5.82 Å². The van der Waals surface area contributed by atoms with E-state index in [2.05, 4.69) is 10.1 Å². The first kappa shape index (κ1) is 6.79. The monoisotopic (exact) mass is 154 g/mol. The van der Waals surface area contributed by atoms with Gasteiger partial charge < -0.3 is 9.63 Å². The number of aliphatic hydroxyl groups is 1. The molecule has 1 heterocycles. The van der Waals surface area contributed by atoms with E-state index in [4.69, 9.17) is 9.63 Å². The van der Waals surface area contributed by atoms with Crippen LogP contribution in [0.25, 0.3) is 0 Å². The zero-order chi connectivity index (χ0) is 7.84. The molecule has 1 atom stereocenters. The van der Waals surface area contributed by atoms with Crippen molar-refractivity contribution in [3.05, 3.63) is 11.7 Å². The maximum Gasteiger partial charge on any atom is 0.255 e. The summed E-state index contributed by atoms with van der Waals surface area (Å²) in [5.74, 6) is 1.57. The van der Waals surface area contributed by atoms with Crippen LogP contribution in [0.5, 0.6) is 0 Å². The highest BCUT2D eigenvalue weighted by Gasteiger charge is 2.29. The molecule has 0 unspecified atom stereocenters. The van der Waals surface area contributed by atoms with E-state index in [1.807, 2.05) is 0 Å². The second-order valence-corrected chi connectivity index (χ2v) is 2.94. The lowest BCUT2D eigenvalue weighted by molar-refractivity contribution is 0.151. The molecule has 1 fully saturated rings. The van der Waals surface area contributed by atoms with Crippen LogP contribution in [0.4, 0.5) is 0 Å². The molecule has 1 aliphatic carbocycles. The van der Waals surface area contributed by atoms with Gasteiger partial charge in [-0.1, -0.05) is 5.16 Å². The molecule has 60 valence electrons. The molecule has 0 aliphatic heterocycles. The van der Waals surface area contributed by atoms with Crippen LogP contribution in [0.3, 0.4) is 0 Å². The van der Waals surface area contributed by atoms with Crippen molar-refractivity contribution < 1.29 is 9.63 Å². The fraction of sp³-hybridized carbons (Fsp3) is 0.714. The zero-order valence-electron chi connectivity index (χ0n) is 6.32. The Hall–Kier alpha value is -0.900. The summed E-state index contributed by atoms with van der Waals surface area (Å²) in [5.41, 5.74) is 0. The second kappa shape index (κ2) is 2.30. The average molecular weight is 154 g/mol. The molecule has 0 radical (unpaired) electrons. The minimum Gasteiger partial charge on any atom is -0.384 e. The first-order valence-electron chi connectivity index (χ1n) is 3.79. The van der Waals surface area contributed by atoms with Gasteiger partial charge in [0.2, 0.25) is 0 Å². The molecule has 4 heteroatoms. The third kappa shape index (κ3) is 1.26. The molecule has 11 heavy (non-hydrogen) atoms. The Morgan fingerprint density at radius 3 is 2.82 bits per heavy atom. The van der Waals surface area contributed by atoms with E-state index < -0.39 is 6.10 Å². The number of hydrogen-bond acceptors (Lipinski definition) is 4. The minimum atomic E-state index is -0.644. The first-order valence-corrected chi connectivity index (χ1v) is 3.79. The van der Waals surface area contributed by atoms with Crippen molar-refractivity contribution in [1.82, 2.24) is 10.1 Å². The number of rotatable bonds is 2. The van der Waals surface area contributed by atoms with Crippen LogP contribution in [0.2, 0.25) is 0 Å². The van der Waals surface area contributed by atoms with Crippen LogP contribution in [0.1, 0.15) is 43.5 Å². The summed E-state index contributed by atoms with van der Waals surface area (Å²) in [6.45, 7) is 1.62. The van der Waals surface area contributed by atoms with E-state index >= 15 is 0 Å². The second-order valence-electron chi connectivity index (χ2n) is 2.94. The van der Waals surface area contributed by atoms with Gasteiger partial charge >= 0.3 is 0 Å². The van der Waals surface area contributed by atoms with Gasteiger partial charge in [0, 0.05) is 5.92 Å². The molecule has 0 saturated heterocycles. The predicted octanol–water partition coefficient (Wildman–Crippen LogP) is 1.00. The van der Waals surface area contributed by atoms with Crippen molar-refractivity contribution >= 4 is 0 Å². The highest BCUT2D eigenvalue weighted by molar-refractivity contribution is 5.03. The van der Waals surface area contributed by atoms with Gasteiger partial charge in [0.1, 0.15) is 6.10 Å². The summed E-state index contributed by atoms with van der Waals surface area (Å²) in [5, 5.41) is 12.8. The van der Waals surface area contributed by atoms with Crippen molar-refractivity contribution in [3.8, 4) is 0 Å². The van der Waals surface area contributed by atoms with Crippen molar-refractivity contribution in [3.63, 3.8) is 0 Å². The summed E-state index contributed by atoms with van der Waals surface area (Å²) in [6, 6.07) is 0. The van der Waals surface area contributed by atoms with Gasteiger partial charge in [0.05, 0.1) is 0 Å². The van der Waals surface area contributed by atoms with Crippen LogP contribution in [0.15, 0.2) is 4.52 Å². The van der Waals surface area contributed by atoms with Gasteiger partial charge in [0.25, 0.3) is 5.89 Å². The maximum atomic E-state index is 9.04. The summed E-state index contributed by atoms with van der Waals surface area (Å²) in [4.78, 5) is 4.04. The molecule has 0 bridgehead atoms. The lowest BCUT2D eigenvalue weighted by Crippen LogP contribution is -1.90. The molecular formula is C7H10N2O2. The van der Waals surface area contributed by atoms with Crippen molar-refractivity contribution in [2.75, 3.05) is 0 Å². The molecule has 1 aromatic heterocycles. The first-order chi connectivity index (χ1) is 5.27. The molecule has 1 aliphatic rings. The molecular weight excluding hydrogens is 144 g/mol. The normalized spacial score (nSPS) is 20.2. The van der Waals surface area contributed by atoms with Gasteiger partial charge in [-0.25, -0.2) is 0 Å². The highest BCUT2D eigenvalue weighted by atomic mass is 16.5. The van der Waals surface area contributed by atoms with E-state index in [0.29, 0.717) is 11.8 Å². The van der Waals surface area contributed by atoms with Gasteiger partial charge in [-0.2, -0.15) is 4.98 Å². The van der Waals surface area contributed by atoms with E-state index in [0.717, 1.165) is 18.7 Å². The van der Waals surface area contributed by atoms with Crippen LogP contribution < -0.4 is 0 Å². The predicted molar refractivity (Wildman–Crippen MR) is 36.9 cm³/mol. The topological polar surface area (TPSA) is 59.2 Å². The molecule has 1 saturated carbocycles. The Kier molecular flexibility index (Phi) is 1.42. The summed E-state index contributed by atoms with van der Waals surface area (Å²) in [7, 11) is 0. The molecule has 0 aromatic carbocycles. The Morgan fingerprint density at radius 2 is 2.36 bits per heavy atom. The Balaban J connectivity index is 2.18. The van der Waals surface area contributed by atoms with Crippen molar-refractivity contribution in [2.45, 2.75) is 31.8 Å². The lowest BCUT2D eigenvalue weighted by Gasteiger charge is -1.91.